The van der Waals surface area contributed by atoms with Gasteiger partial charge < -0.3 is 10.8 Å². The van der Waals surface area contributed by atoms with Crippen molar-refractivity contribution in [1.82, 2.24) is 0 Å². The molecule has 1 aromatic carbocycles. The molecular formula is C10H12ClF2NO. The summed E-state index contributed by atoms with van der Waals surface area (Å²) in [6, 6.07) is 3.26. The Balaban J connectivity index is 3.18. The van der Waals surface area contributed by atoms with Crippen molar-refractivity contribution < 1.29 is 13.9 Å². The maximum absolute atomic E-state index is 12.6. The van der Waals surface area contributed by atoms with E-state index in [9.17, 15) is 13.9 Å². The van der Waals surface area contributed by atoms with Gasteiger partial charge >= 0.3 is 0 Å². The number of hydrogen-bond acceptors (Lipinski definition) is 2. The lowest BCUT2D eigenvalue weighted by atomic mass is 9.98. The average Bonchev–Trinajstić information content (AvgIpc) is 2.15. The van der Waals surface area contributed by atoms with Crippen molar-refractivity contribution in [3.05, 3.63) is 34.3 Å². The van der Waals surface area contributed by atoms with E-state index >= 15 is 0 Å². The van der Waals surface area contributed by atoms with Gasteiger partial charge in [-0.2, -0.15) is 0 Å². The van der Waals surface area contributed by atoms with Gasteiger partial charge in [-0.1, -0.05) is 17.7 Å². The third-order valence-electron chi connectivity index (χ3n) is 2.10. The Hall–Kier alpha value is -0.710. The van der Waals surface area contributed by atoms with Crippen LogP contribution in [-0.4, -0.2) is 11.1 Å². The second-order valence-corrected chi connectivity index (χ2v) is 3.81. The van der Waals surface area contributed by atoms with Gasteiger partial charge in [-0.05, 0) is 24.6 Å². The van der Waals surface area contributed by atoms with Gasteiger partial charge in [0.1, 0.15) is 0 Å². The summed E-state index contributed by atoms with van der Waals surface area (Å²) in [6.45, 7) is 1.54. The molecule has 2 atom stereocenters. The maximum Gasteiger partial charge on any atom is 0.264 e. The summed E-state index contributed by atoms with van der Waals surface area (Å²) < 4.78 is 25.2. The predicted molar refractivity (Wildman–Crippen MR) is 55.0 cm³/mol. The molecule has 0 aliphatic rings. The summed E-state index contributed by atoms with van der Waals surface area (Å²) in [4.78, 5) is 0. The first-order valence-corrected chi connectivity index (χ1v) is 4.82. The molecule has 0 saturated carbocycles. The lowest BCUT2D eigenvalue weighted by molar-refractivity contribution is 0.127. The van der Waals surface area contributed by atoms with Crippen LogP contribution in [0.2, 0.25) is 5.02 Å². The summed E-state index contributed by atoms with van der Waals surface area (Å²) in [5.74, 6) is 0. The van der Waals surface area contributed by atoms with Crippen LogP contribution in [0, 0.1) is 0 Å². The van der Waals surface area contributed by atoms with Crippen LogP contribution in [0.1, 0.15) is 30.6 Å². The largest absolute Gasteiger partial charge is 0.387 e. The fourth-order valence-corrected chi connectivity index (χ4v) is 1.46. The molecule has 0 bridgehead atoms. The number of benzene rings is 1. The van der Waals surface area contributed by atoms with Crippen molar-refractivity contribution in [1.29, 1.82) is 0 Å². The molecule has 0 aliphatic heterocycles. The Morgan fingerprint density at radius 1 is 1.33 bits per heavy atom. The summed E-state index contributed by atoms with van der Waals surface area (Å²) in [5.41, 5.74) is 5.31. The molecule has 1 aromatic rings. The van der Waals surface area contributed by atoms with Gasteiger partial charge in [0.05, 0.1) is 6.10 Å². The Bertz CT molecular complexity index is 344. The molecule has 84 valence electrons. The van der Waals surface area contributed by atoms with Crippen LogP contribution in [0.15, 0.2) is 18.2 Å². The first-order chi connectivity index (χ1) is 6.93. The fourth-order valence-electron chi connectivity index (χ4n) is 1.28. The molecule has 0 aliphatic carbocycles. The SMILES string of the molecule is CC(N)C(O)c1cc(Cl)ccc1C(F)F. The third-order valence-corrected chi connectivity index (χ3v) is 2.34. The molecule has 0 amide bonds. The molecule has 0 aromatic heterocycles. The summed E-state index contributed by atoms with van der Waals surface area (Å²) in [5, 5.41) is 9.94. The molecule has 0 spiro atoms. The number of nitrogens with two attached hydrogens (primary N) is 1. The molecule has 1 rings (SSSR count). The molecule has 2 unspecified atom stereocenters. The second kappa shape index (κ2) is 4.88. The highest BCUT2D eigenvalue weighted by molar-refractivity contribution is 6.30. The van der Waals surface area contributed by atoms with Crippen LogP contribution in [0.3, 0.4) is 0 Å². The Morgan fingerprint density at radius 3 is 2.40 bits per heavy atom. The third kappa shape index (κ3) is 2.87. The topological polar surface area (TPSA) is 46.2 Å². The minimum Gasteiger partial charge on any atom is -0.387 e. The zero-order chi connectivity index (χ0) is 11.6. The van der Waals surface area contributed by atoms with Crippen molar-refractivity contribution >= 4 is 11.6 Å². The van der Waals surface area contributed by atoms with Crippen molar-refractivity contribution in [3.8, 4) is 0 Å². The number of halogens is 3. The van der Waals surface area contributed by atoms with Crippen LogP contribution >= 0.6 is 11.6 Å². The van der Waals surface area contributed by atoms with Crippen LogP contribution in [-0.2, 0) is 0 Å². The predicted octanol–water partition coefficient (Wildman–Crippen LogP) is 2.66. The number of rotatable bonds is 3. The number of hydrogen-bond donors (Lipinski definition) is 2. The van der Waals surface area contributed by atoms with E-state index in [1.165, 1.54) is 18.2 Å². The second-order valence-electron chi connectivity index (χ2n) is 3.38. The molecule has 2 nitrogen and oxygen atoms in total. The molecule has 0 radical (unpaired) electrons. The first-order valence-electron chi connectivity index (χ1n) is 4.44. The minimum atomic E-state index is -2.65. The first kappa shape index (κ1) is 12.4. The zero-order valence-corrected chi connectivity index (χ0v) is 8.88. The Morgan fingerprint density at radius 2 is 1.93 bits per heavy atom. The van der Waals surface area contributed by atoms with Gasteiger partial charge in [0.2, 0.25) is 0 Å². The monoisotopic (exact) mass is 235 g/mol. The lowest BCUT2D eigenvalue weighted by Crippen LogP contribution is -2.25. The normalized spacial score (nSPS) is 15.4. The minimum absolute atomic E-state index is 0.0903. The van der Waals surface area contributed by atoms with E-state index in [-0.39, 0.29) is 11.1 Å². The van der Waals surface area contributed by atoms with Gasteiger partial charge in [0, 0.05) is 16.6 Å². The molecule has 3 N–H and O–H groups in total. The summed E-state index contributed by atoms with van der Waals surface area (Å²) >= 11 is 5.67. The Kier molecular flexibility index (Phi) is 4.02. The van der Waals surface area contributed by atoms with Crippen molar-refractivity contribution in [2.45, 2.75) is 25.5 Å². The quantitative estimate of drug-likeness (QED) is 0.846. The van der Waals surface area contributed by atoms with Crippen molar-refractivity contribution in [2.75, 3.05) is 0 Å². The van der Waals surface area contributed by atoms with Crippen LogP contribution in [0.25, 0.3) is 0 Å². The van der Waals surface area contributed by atoms with E-state index in [0.717, 1.165) is 0 Å². The van der Waals surface area contributed by atoms with Gasteiger partial charge in [-0.15, -0.1) is 0 Å². The molecular weight excluding hydrogens is 224 g/mol. The van der Waals surface area contributed by atoms with Gasteiger partial charge in [-0.3, -0.25) is 0 Å². The molecule has 0 fully saturated rings. The summed E-state index contributed by atoms with van der Waals surface area (Å²) in [6.07, 6.45) is -3.78. The van der Waals surface area contributed by atoms with Gasteiger partial charge in [-0.25, -0.2) is 8.78 Å². The van der Waals surface area contributed by atoms with Gasteiger partial charge in [0.15, 0.2) is 0 Å². The van der Waals surface area contributed by atoms with Crippen molar-refractivity contribution in [3.63, 3.8) is 0 Å². The van der Waals surface area contributed by atoms with E-state index in [1.807, 2.05) is 0 Å². The molecule has 15 heavy (non-hydrogen) atoms. The standard InChI is InChI=1S/C10H12ClF2NO/c1-5(14)9(15)8-4-6(11)2-3-7(8)10(12)13/h2-5,9-10,15H,14H2,1H3. The van der Waals surface area contributed by atoms with E-state index in [1.54, 1.807) is 6.92 Å². The molecule has 5 heteroatoms. The zero-order valence-electron chi connectivity index (χ0n) is 8.12. The van der Waals surface area contributed by atoms with E-state index in [2.05, 4.69) is 0 Å². The summed E-state index contributed by atoms with van der Waals surface area (Å²) in [7, 11) is 0. The van der Waals surface area contributed by atoms with Crippen LogP contribution < -0.4 is 5.73 Å². The van der Waals surface area contributed by atoms with Gasteiger partial charge in [0.25, 0.3) is 6.43 Å². The smallest absolute Gasteiger partial charge is 0.264 e. The maximum atomic E-state index is 12.6. The number of aliphatic hydroxyl groups excluding tert-OH is 1. The highest BCUT2D eigenvalue weighted by atomic mass is 35.5. The van der Waals surface area contributed by atoms with E-state index in [0.29, 0.717) is 5.02 Å². The highest BCUT2D eigenvalue weighted by Gasteiger charge is 2.21. The average molecular weight is 236 g/mol. The van der Waals surface area contributed by atoms with E-state index in [4.69, 9.17) is 17.3 Å². The van der Waals surface area contributed by atoms with Crippen molar-refractivity contribution in [2.24, 2.45) is 5.73 Å². The Labute approximate surface area is 91.7 Å². The van der Waals surface area contributed by atoms with Crippen LogP contribution in [0.5, 0.6) is 0 Å². The fraction of sp³-hybridized carbons (Fsp3) is 0.400. The highest BCUT2D eigenvalue weighted by Crippen LogP contribution is 2.30. The number of aliphatic hydroxyl groups is 1. The van der Waals surface area contributed by atoms with Crippen LogP contribution in [0.4, 0.5) is 8.78 Å². The lowest BCUT2D eigenvalue weighted by Gasteiger charge is -2.18. The number of alkyl halides is 2. The van der Waals surface area contributed by atoms with E-state index < -0.39 is 18.6 Å². The molecule has 0 heterocycles. The molecule has 0 saturated heterocycles.